The zero-order valence-electron chi connectivity index (χ0n) is 18.8. The minimum Gasteiger partial charge on any atom is -0.481 e. The maximum atomic E-state index is 12.2. The zero-order chi connectivity index (χ0) is 24.5. The SMILES string of the molecule is CCC(C)C(=NC(=NC)c1cc(-c2cnn(CC(=O)O)c2)cc([N+](=O)OC)c1)SCC(=O)O. The van der Waals surface area contributed by atoms with Crippen molar-refractivity contribution in [2.24, 2.45) is 15.9 Å². The van der Waals surface area contributed by atoms with Crippen LogP contribution in [0.1, 0.15) is 25.8 Å². The lowest BCUT2D eigenvalue weighted by Gasteiger charge is -2.12. The Hall–Kier alpha value is -3.54. The Bertz CT molecular complexity index is 1090. The lowest BCUT2D eigenvalue weighted by atomic mass is 10.0. The predicted octanol–water partition coefficient (Wildman–Crippen LogP) is 3.25. The Kier molecular flexibility index (Phi) is 9.28. The van der Waals surface area contributed by atoms with Crippen LogP contribution in [0.15, 0.2) is 40.6 Å². The monoisotopic (exact) mass is 476 g/mol. The van der Waals surface area contributed by atoms with E-state index in [1.54, 1.807) is 31.4 Å². The molecule has 0 aliphatic rings. The van der Waals surface area contributed by atoms with Gasteiger partial charge in [0.15, 0.2) is 12.9 Å². The van der Waals surface area contributed by atoms with Gasteiger partial charge >= 0.3 is 17.6 Å². The van der Waals surface area contributed by atoms with E-state index in [4.69, 9.17) is 15.1 Å². The molecule has 12 heteroatoms. The fourth-order valence-electron chi connectivity index (χ4n) is 2.80. The fraction of sp³-hybridized carbons (Fsp3) is 0.381. The summed E-state index contributed by atoms with van der Waals surface area (Å²) >= 11 is 1.13. The van der Waals surface area contributed by atoms with Gasteiger partial charge < -0.3 is 10.2 Å². The molecule has 0 aliphatic heterocycles. The number of amidine groups is 1. The van der Waals surface area contributed by atoms with Gasteiger partial charge in [0.2, 0.25) is 0 Å². The fourth-order valence-corrected chi connectivity index (χ4v) is 3.67. The Labute approximate surface area is 194 Å². The second-order valence-corrected chi connectivity index (χ2v) is 8.01. The number of carboxylic acid groups (broad SMARTS) is 2. The minimum atomic E-state index is -1.03. The van der Waals surface area contributed by atoms with Gasteiger partial charge in [0.25, 0.3) is 4.92 Å². The molecule has 0 fully saturated rings. The van der Waals surface area contributed by atoms with Crippen molar-refractivity contribution in [3.63, 3.8) is 0 Å². The van der Waals surface area contributed by atoms with E-state index in [1.807, 2.05) is 13.8 Å². The van der Waals surface area contributed by atoms with Crippen molar-refractivity contribution in [2.75, 3.05) is 19.9 Å². The first-order valence-electron chi connectivity index (χ1n) is 9.99. The number of carboxylic acids is 2. The van der Waals surface area contributed by atoms with E-state index in [0.29, 0.717) is 32.5 Å². The summed E-state index contributed by atoms with van der Waals surface area (Å²) in [6, 6.07) is 4.88. The van der Waals surface area contributed by atoms with Gasteiger partial charge in [0.05, 0.1) is 21.9 Å². The third-order valence-electron chi connectivity index (χ3n) is 4.62. The minimum absolute atomic E-state index is 0.0120. The number of rotatable bonds is 10. The van der Waals surface area contributed by atoms with Gasteiger partial charge in [0, 0.05) is 42.4 Å². The standard InChI is InChI=1S/C21H25N5O6S/c1-5-13(2)21(33-12-19(29)30)24-20(22-3)15-6-14(7-17(8-15)26(31)32-4)16-9-23-25(10-16)11-18(27)28/h6-10,13H,5,11-12H2,1-4H3,(H-,27,28,29,30)/p+1. The molecule has 1 unspecified atom stereocenters. The molecule has 0 spiro atoms. The predicted molar refractivity (Wildman–Crippen MR) is 125 cm³/mol. The number of aliphatic carboxylic acids is 2. The van der Waals surface area contributed by atoms with Crippen LogP contribution in [0.2, 0.25) is 0 Å². The van der Waals surface area contributed by atoms with E-state index in [9.17, 15) is 14.5 Å². The van der Waals surface area contributed by atoms with Crippen LogP contribution in [-0.2, 0) is 21.0 Å². The van der Waals surface area contributed by atoms with Crippen molar-refractivity contribution >= 4 is 40.3 Å². The summed E-state index contributed by atoms with van der Waals surface area (Å²) in [6.07, 6.45) is 3.81. The molecule has 2 aromatic rings. The number of thioether (sulfide) groups is 1. The molecular formula is C21H26N5O6S+. The van der Waals surface area contributed by atoms with Crippen LogP contribution < -0.4 is 0 Å². The highest BCUT2D eigenvalue weighted by molar-refractivity contribution is 8.14. The second kappa shape index (κ2) is 11.9. The molecule has 0 aliphatic carbocycles. The molecule has 0 radical (unpaired) electrons. The van der Waals surface area contributed by atoms with Crippen molar-refractivity contribution in [3.05, 3.63) is 41.1 Å². The Balaban J connectivity index is 2.56. The van der Waals surface area contributed by atoms with Crippen molar-refractivity contribution in [1.82, 2.24) is 9.78 Å². The first-order valence-corrected chi connectivity index (χ1v) is 11.0. The molecule has 0 saturated heterocycles. The number of hydrogen-bond donors (Lipinski definition) is 2. The van der Waals surface area contributed by atoms with Crippen LogP contribution in [0.5, 0.6) is 0 Å². The Morgan fingerprint density at radius 3 is 2.55 bits per heavy atom. The van der Waals surface area contributed by atoms with E-state index < -0.39 is 11.9 Å². The average molecular weight is 477 g/mol. The van der Waals surface area contributed by atoms with Crippen LogP contribution >= 0.6 is 11.8 Å². The summed E-state index contributed by atoms with van der Waals surface area (Å²) in [5.41, 5.74) is 1.85. The summed E-state index contributed by atoms with van der Waals surface area (Å²) < 4.78 is 1.27. The molecule has 33 heavy (non-hydrogen) atoms. The Morgan fingerprint density at radius 1 is 1.24 bits per heavy atom. The van der Waals surface area contributed by atoms with Gasteiger partial charge in [-0.2, -0.15) is 5.10 Å². The van der Waals surface area contributed by atoms with Crippen molar-refractivity contribution in [1.29, 1.82) is 0 Å². The van der Waals surface area contributed by atoms with Crippen molar-refractivity contribution in [3.8, 4) is 11.1 Å². The highest BCUT2D eigenvalue weighted by Crippen LogP contribution is 2.27. The quantitative estimate of drug-likeness (QED) is 0.302. The van der Waals surface area contributed by atoms with Crippen LogP contribution in [0.4, 0.5) is 5.69 Å². The van der Waals surface area contributed by atoms with E-state index in [-0.39, 0.29) is 23.9 Å². The van der Waals surface area contributed by atoms with E-state index in [2.05, 4.69) is 15.1 Å². The number of hydrogen-bond acceptors (Lipinski definition) is 7. The molecule has 1 aromatic carbocycles. The van der Waals surface area contributed by atoms with E-state index in [1.165, 1.54) is 18.0 Å². The van der Waals surface area contributed by atoms with Gasteiger partial charge in [-0.1, -0.05) is 25.6 Å². The summed E-state index contributed by atoms with van der Waals surface area (Å²) in [6.45, 7) is 3.62. The van der Waals surface area contributed by atoms with Gasteiger partial charge in [-0.25, -0.2) is 9.83 Å². The molecule has 0 saturated carbocycles. The summed E-state index contributed by atoms with van der Waals surface area (Å²) in [4.78, 5) is 48.2. The molecule has 1 heterocycles. The van der Waals surface area contributed by atoms with Crippen LogP contribution in [0, 0.1) is 10.8 Å². The molecular weight excluding hydrogens is 450 g/mol. The first-order chi connectivity index (χ1) is 15.7. The van der Waals surface area contributed by atoms with Gasteiger partial charge in [-0.3, -0.25) is 19.3 Å². The van der Waals surface area contributed by atoms with Crippen LogP contribution in [0.25, 0.3) is 11.1 Å². The topological polar surface area (TPSA) is 146 Å². The molecule has 176 valence electrons. The third-order valence-corrected chi connectivity index (χ3v) is 5.80. The number of nitrogens with zero attached hydrogens (tertiary/aromatic N) is 5. The van der Waals surface area contributed by atoms with Gasteiger partial charge in [-0.05, 0) is 18.1 Å². The normalized spacial score (nSPS) is 13.0. The summed E-state index contributed by atoms with van der Waals surface area (Å²) in [5.74, 6) is -1.79. The number of carbonyl (C=O) groups is 2. The molecule has 2 rings (SSSR count). The maximum absolute atomic E-state index is 12.2. The molecule has 1 atom stereocenters. The first kappa shape index (κ1) is 25.7. The Morgan fingerprint density at radius 2 is 1.97 bits per heavy atom. The highest BCUT2D eigenvalue weighted by atomic mass is 32.2. The summed E-state index contributed by atoms with van der Waals surface area (Å²) in [5, 5.41) is 22.7. The maximum Gasteiger partial charge on any atom is 0.325 e. The van der Waals surface area contributed by atoms with E-state index >= 15 is 0 Å². The molecule has 0 amide bonds. The van der Waals surface area contributed by atoms with Gasteiger partial charge in [0.1, 0.15) is 6.54 Å². The van der Waals surface area contributed by atoms with Crippen molar-refractivity contribution < 1.29 is 29.6 Å². The van der Waals surface area contributed by atoms with Gasteiger partial charge in [-0.15, -0.1) is 0 Å². The zero-order valence-corrected chi connectivity index (χ0v) is 19.6. The number of aliphatic imine (C=N–C) groups is 2. The third kappa shape index (κ3) is 7.24. The smallest absolute Gasteiger partial charge is 0.325 e. The number of aromatic nitrogens is 2. The molecule has 11 nitrogen and oxygen atoms in total. The second-order valence-electron chi connectivity index (χ2n) is 7.02. The number of benzene rings is 1. The van der Waals surface area contributed by atoms with E-state index in [0.717, 1.165) is 18.2 Å². The average Bonchev–Trinajstić information content (AvgIpc) is 3.25. The molecule has 2 N–H and O–H groups in total. The highest BCUT2D eigenvalue weighted by Gasteiger charge is 2.21. The molecule has 1 aromatic heterocycles. The lowest BCUT2D eigenvalue weighted by Crippen LogP contribution is -2.13. The summed E-state index contributed by atoms with van der Waals surface area (Å²) in [7, 11) is 2.79. The largest absolute Gasteiger partial charge is 0.481 e. The van der Waals surface area contributed by atoms with Crippen LogP contribution in [-0.4, -0.2) is 67.6 Å². The molecule has 0 bridgehead atoms. The van der Waals surface area contributed by atoms with Crippen LogP contribution in [0.3, 0.4) is 0 Å². The van der Waals surface area contributed by atoms with Crippen molar-refractivity contribution in [2.45, 2.75) is 26.8 Å². The lowest BCUT2D eigenvalue weighted by molar-refractivity contribution is -0.736.